The number of anilines is 1. The Morgan fingerprint density at radius 1 is 1.29 bits per heavy atom. The van der Waals surface area contributed by atoms with E-state index in [9.17, 15) is 8.42 Å². The maximum Gasteiger partial charge on any atom is 0.243 e. The standard InChI is InChI=1S/C16H25N3O3S2/c1-3-4-9-18(2)16(23)17-14-5-7-15(8-6-14)24(20,21)19-10-12-22-13-11-19/h5-8H,3-4,9-13H2,1-2H3,(H,17,23). The van der Waals surface area contributed by atoms with E-state index in [-0.39, 0.29) is 0 Å². The molecule has 8 heteroatoms. The van der Waals surface area contributed by atoms with Crippen LogP contribution in [0.1, 0.15) is 19.8 Å². The van der Waals surface area contributed by atoms with E-state index in [4.69, 9.17) is 17.0 Å². The van der Waals surface area contributed by atoms with Crippen LogP contribution < -0.4 is 5.32 Å². The molecule has 1 aliphatic heterocycles. The fourth-order valence-electron chi connectivity index (χ4n) is 2.36. The highest BCUT2D eigenvalue weighted by Crippen LogP contribution is 2.19. The summed E-state index contributed by atoms with van der Waals surface area (Å²) in [5.74, 6) is 0. The summed E-state index contributed by atoms with van der Waals surface area (Å²) in [6.07, 6.45) is 2.19. The molecule has 0 atom stereocenters. The number of benzene rings is 1. The van der Waals surface area contributed by atoms with Crippen LogP contribution in [0.25, 0.3) is 0 Å². The lowest BCUT2D eigenvalue weighted by Gasteiger charge is -2.26. The van der Waals surface area contributed by atoms with Gasteiger partial charge in [0.05, 0.1) is 18.1 Å². The molecule has 1 N–H and O–H groups in total. The van der Waals surface area contributed by atoms with Crippen LogP contribution in [-0.2, 0) is 14.8 Å². The zero-order valence-corrected chi connectivity index (χ0v) is 15.8. The molecule has 2 rings (SSSR count). The SMILES string of the molecule is CCCCN(C)C(=S)Nc1ccc(S(=O)(=O)N2CCOCC2)cc1. The Hall–Kier alpha value is -1.22. The molecule has 0 aliphatic carbocycles. The Kier molecular flexibility index (Phi) is 6.97. The van der Waals surface area contributed by atoms with Gasteiger partial charge in [0.15, 0.2) is 5.11 Å². The molecule has 0 saturated carbocycles. The first-order valence-corrected chi connectivity index (χ1v) is 10.00. The number of rotatable bonds is 6. The molecule has 0 unspecified atom stereocenters. The molecule has 0 radical (unpaired) electrons. The molecule has 0 amide bonds. The average molecular weight is 372 g/mol. The van der Waals surface area contributed by atoms with E-state index in [0.717, 1.165) is 25.1 Å². The lowest BCUT2D eigenvalue weighted by molar-refractivity contribution is 0.0730. The summed E-state index contributed by atoms with van der Waals surface area (Å²) in [6.45, 7) is 4.71. The minimum Gasteiger partial charge on any atom is -0.379 e. The molecule has 0 aromatic heterocycles. The third kappa shape index (κ3) is 4.89. The van der Waals surface area contributed by atoms with Crippen molar-refractivity contribution in [2.45, 2.75) is 24.7 Å². The van der Waals surface area contributed by atoms with Crippen LogP contribution in [0.3, 0.4) is 0 Å². The van der Waals surface area contributed by atoms with Gasteiger partial charge in [0, 0.05) is 32.4 Å². The molecule has 1 aromatic carbocycles. The monoisotopic (exact) mass is 371 g/mol. The van der Waals surface area contributed by atoms with Crippen molar-refractivity contribution in [1.82, 2.24) is 9.21 Å². The van der Waals surface area contributed by atoms with E-state index in [1.165, 1.54) is 4.31 Å². The van der Waals surface area contributed by atoms with Crippen LogP contribution in [0.4, 0.5) is 5.69 Å². The minimum absolute atomic E-state index is 0.292. The van der Waals surface area contributed by atoms with Gasteiger partial charge in [0.2, 0.25) is 10.0 Å². The molecule has 1 heterocycles. The van der Waals surface area contributed by atoms with Gasteiger partial charge in [0.25, 0.3) is 0 Å². The van der Waals surface area contributed by atoms with Gasteiger partial charge in [0.1, 0.15) is 0 Å². The van der Waals surface area contributed by atoms with Crippen LogP contribution in [0, 0.1) is 0 Å². The van der Waals surface area contributed by atoms with Crippen molar-refractivity contribution in [1.29, 1.82) is 0 Å². The second-order valence-electron chi connectivity index (χ2n) is 5.75. The predicted molar refractivity (Wildman–Crippen MR) is 99.8 cm³/mol. The second kappa shape index (κ2) is 8.75. The summed E-state index contributed by atoms with van der Waals surface area (Å²) < 4.78 is 31.8. The molecule has 0 bridgehead atoms. The molecule has 1 aromatic rings. The Balaban J connectivity index is 2.01. The summed E-state index contributed by atoms with van der Waals surface area (Å²) >= 11 is 5.36. The lowest BCUT2D eigenvalue weighted by Crippen LogP contribution is -2.40. The molecular formula is C16H25N3O3S2. The Morgan fingerprint density at radius 2 is 1.92 bits per heavy atom. The molecular weight excluding hydrogens is 346 g/mol. The maximum absolute atomic E-state index is 12.6. The first kappa shape index (κ1) is 19.1. The number of unbranched alkanes of at least 4 members (excludes halogenated alkanes) is 1. The summed E-state index contributed by atoms with van der Waals surface area (Å²) in [7, 11) is -1.51. The number of sulfonamides is 1. The number of nitrogens with one attached hydrogen (secondary N) is 1. The van der Waals surface area contributed by atoms with Crippen molar-refractivity contribution in [3.05, 3.63) is 24.3 Å². The average Bonchev–Trinajstić information content (AvgIpc) is 2.60. The van der Waals surface area contributed by atoms with E-state index in [0.29, 0.717) is 36.3 Å². The van der Waals surface area contributed by atoms with Gasteiger partial charge in [-0.3, -0.25) is 0 Å². The fourth-order valence-corrected chi connectivity index (χ4v) is 3.98. The van der Waals surface area contributed by atoms with Gasteiger partial charge in [-0.05, 0) is 42.9 Å². The predicted octanol–water partition coefficient (Wildman–Crippen LogP) is 2.14. The van der Waals surface area contributed by atoms with E-state index < -0.39 is 10.0 Å². The van der Waals surface area contributed by atoms with E-state index >= 15 is 0 Å². The van der Waals surface area contributed by atoms with E-state index in [2.05, 4.69) is 12.2 Å². The molecule has 1 aliphatic rings. The summed E-state index contributed by atoms with van der Waals surface area (Å²) in [5.41, 5.74) is 0.782. The second-order valence-corrected chi connectivity index (χ2v) is 8.07. The van der Waals surface area contributed by atoms with Crippen LogP contribution in [0.5, 0.6) is 0 Å². The Labute approximate surface area is 149 Å². The third-order valence-corrected chi connectivity index (χ3v) is 6.23. The summed E-state index contributed by atoms with van der Waals surface area (Å²) in [6, 6.07) is 6.71. The zero-order valence-electron chi connectivity index (χ0n) is 14.2. The number of ether oxygens (including phenoxy) is 1. The van der Waals surface area contributed by atoms with Gasteiger partial charge in [-0.25, -0.2) is 8.42 Å². The largest absolute Gasteiger partial charge is 0.379 e. The first-order chi connectivity index (χ1) is 11.4. The number of thiocarbonyl (C=S) groups is 1. The Bertz CT molecular complexity index is 641. The quantitative estimate of drug-likeness (QED) is 0.773. The lowest BCUT2D eigenvalue weighted by atomic mass is 10.3. The van der Waals surface area contributed by atoms with Crippen molar-refractivity contribution >= 4 is 33.0 Å². The van der Waals surface area contributed by atoms with Gasteiger partial charge in [-0.2, -0.15) is 4.31 Å². The van der Waals surface area contributed by atoms with Crippen molar-refractivity contribution in [3.63, 3.8) is 0 Å². The van der Waals surface area contributed by atoms with Crippen LogP contribution in [0.15, 0.2) is 29.2 Å². The maximum atomic E-state index is 12.6. The van der Waals surface area contributed by atoms with Crippen molar-refractivity contribution in [3.8, 4) is 0 Å². The van der Waals surface area contributed by atoms with Gasteiger partial charge in [-0.15, -0.1) is 0 Å². The highest BCUT2D eigenvalue weighted by molar-refractivity contribution is 7.89. The first-order valence-electron chi connectivity index (χ1n) is 8.15. The van der Waals surface area contributed by atoms with E-state index in [1.807, 2.05) is 11.9 Å². The van der Waals surface area contributed by atoms with Crippen molar-refractivity contribution in [2.24, 2.45) is 0 Å². The van der Waals surface area contributed by atoms with Crippen molar-refractivity contribution in [2.75, 3.05) is 45.2 Å². The highest BCUT2D eigenvalue weighted by Gasteiger charge is 2.26. The van der Waals surface area contributed by atoms with Crippen LogP contribution >= 0.6 is 12.2 Å². The molecule has 1 saturated heterocycles. The number of nitrogens with zero attached hydrogens (tertiary/aromatic N) is 2. The number of hydrogen-bond donors (Lipinski definition) is 1. The number of hydrogen-bond acceptors (Lipinski definition) is 4. The molecule has 1 fully saturated rings. The topological polar surface area (TPSA) is 61.9 Å². The molecule has 6 nitrogen and oxygen atoms in total. The van der Waals surface area contributed by atoms with Gasteiger partial charge >= 0.3 is 0 Å². The minimum atomic E-state index is -3.45. The molecule has 0 spiro atoms. The fraction of sp³-hybridized carbons (Fsp3) is 0.562. The summed E-state index contributed by atoms with van der Waals surface area (Å²) in [4.78, 5) is 2.28. The highest BCUT2D eigenvalue weighted by atomic mass is 32.2. The van der Waals surface area contributed by atoms with Crippen LogP contribution in [0.2, 0.25) is 0 Å². The van der Waals surface area contributed by atoms with E-state index in [1.54, 1.807) is 24.3 Å². The third-order valence-electron chi connectivity index (χ3n) is 3.91. The van der Waals surface area contributed by atoms with Gasteiger partial charge in [-0.1, -0.05) is 13.3 Å². The number of morpholine rings is 1. The van der Waals surface area contributed by atoms with Gasteiger partial charge < -0.3 is 15.0 Å². The summed E-state index contributed by atoms with van der Waals surface area (Å²) in [5, 5.41) is 3.77. The smallest absolute Gasteiger partial charge is 0.243 e. The molecule has 24 heavy (non-hydrogen) atoms. The zero-order chi connectivity index (χ0) is 17.6. The Morgan fingerprint density at radius 3 is 2.50 bits per heavy atom. The molecule has 134 valence electrons. The normalized spacial score (nSPS) is 15.9. The van der Waals surface area contributed by atoms with Crippen LogP contribution in [-0.4, -0.2) is 62.6 Å². The van der Waals surface area contributed by atoms with Crippen molar-refractivity contribution < 1.29 is 13.2 Å².